The lowest BCUT2D eigenvalue weighted by atomic mass is 9.70. The van der Waals surface area contributed by atoms with Crippen molar-refractivity contribution < 1.29 is 29.0 Å². The van der Waals surface area contributed by atoms with E-state index in [1.54, 1.807) is 41.0 Å². The predicted octanol–water partition coefficient (Wildman–Crippen LogP) is 3.94. The molecule has 1 aromatic carbocycles. The van der Waals surface area contributed by atoms with Crippen LogP contribution in [0.3, 0.4) is 0 Å². The number of nitrogens with zero attached hydrogens (tertiary/aromatic N) is 3. The Bertz CT molecular complexity index is 1160. The molecule has 3 fully saturated rings. The molecule has 0 radical (unpaired) electrons. The van der Waals surface area contributed by atoms with Crippen molar-refractivity contribution in [3.63, 3.8) is 0 Å². The van der Waals surface area contributed by atoms with E-state index in [0.29, 0.717) is 37.6 Å². The molecule has 1 N–H and O–H groups in total. The molecule has 3 amide bonds. The Morgan fingerprint density at radius 1 is 1.19 bits per heavy atom. The summed E-state index contributed by atoms with van der Waals surface area (Å²) in [4.78, 5) is 47.7. The van der Waals surface area contributed by atoms with Crippen LogP contribution in [0.1, 0.15) is 46.5 Å². The molecular weight excluding hydrogens is 602 g/mol. The smallest absolute Gasteiger partial charge is 0.248 e. The first kappa shape index (κ1) is 32.2. The van der Waals surface area contributed by atoms with Gasteiger partial charge in [-0.1, -0.05) is 47.8 Å². The Balaban J connectivity index is 1.74. The minimum absolute atomic E-state index is 0.228. The largest absolute Gasteiger partial charge is 0.494 e. The van der Waals surface area contributed by atoms with E-state index in [9.17, 15) is 19.5 Å². The number of alkyl halides is 1. The van der Waals surface area contributed by atoms with E-state index < -0.39 is 35.6 Å². The standard InChI is InChI=1S/C32H44BrN3O6/c1-6-10-11-18-34(16-7-2)31(40)28-32-19-24(33)27(42-32)25(26(32)30(39)36(28)21(5)20-37)29(38)35(17-8-3)22-12-14-23(15-13-22)41-9-4/h7-8,12-15,21,24-28,37H,2-3,6,9-11,16-20H2,1,4-5H3/t21-,24?,25-,26+,27-,28?,32?/m1/s1. The van der Waals surface area contributed by atoms with Crippen molar-refractivity contribution >= 4 is 39.3 Å². The van der Waals surface area contributed by atoms with E-state index >= 15 is 0 Å². The van der Waals surface area contributed by atoms with Crippen molar-refractivity contribution in [3.8, 4) is 5.75 Å². The molecule has 0 aliphatic carbocycles. The summed E-state index contributed by atoms with van der Waals surface area (Å²) in [6.45, 7) is 14.7. The van der Waals surface area contributed by atoms with Gasteiger partial charge in [-0.3, -0.25) is 14.4 Å². The zero-order chi connectivity index (χ0) is 30.6. The molecule has 7 atom stereocenters. The van der Waals surface area contributed by atoms with Gasteiger partial charge >= 0.3 is 0 Å². The van der Waals surface area contributed by atoms with E-state index in [2.05, 4.69) is 36.0 Å². The molecule has 3 saturated heterocycles. The van der Waals surface area contributed by atoms with Gasteiger partial charge in [0.2, 0.25) is 17.7 Å². The van der Waals surface area contributed by atoms with Gasteiger partial charge < -0.3 is 29.3 Å². The van der Waals surface area contributed by atoms with Gasteiger partial charge in [0.25, 0.3) is 0 Å². The van der Waals surface area contributed by atoms with Gasteiger partial charge in [0.05, 0.1) is 37.2 Å². The number of carbonyl (C=O) groups excluding carboxylic acids is 3. The fraction of sp³-hybridized carbons (Fsp3) is 0.594. The molecule has 1 spiro atoms. The minimum atomic E-state index is -1.19. The van der Waals surface area contributed by atoms with Gasteiger partial charge in [-0.2, -0.15) is 0 Å². The van der Waals surface area contributed by atoms with Crippen LogP contribution >= 0.6 is 15.9 Å². The first-order valence-electron chi connectivity index (χ1n) is 15.0. The maximum Gasteiger partial charge on any atom is 0.248 e. The molecule has 4 rings (SSSR count). The van der Waals surface area contributed by atoms with Crippen LogP contribution in [0.5, 0.6) is 5.75 Å². The number of fused-ring (bicyclic) bond motifs is 1. The number of rotatable bonds is 15. The van der Waals surface area contributed by atoms with Crippen LogP contribution in [0.25, 0.3) is 0 Å². The summed E-state index contributed by atoms with van der Waals surface area (Å²) in [6, 6.07) is 5.65. The number of ether oxygens (including phenoxy) is 2. The first-order chi connectivity index (χ1) is 20.2. The lowest BCUT2D eigenvalue weighted by molar-refractivity contribution is -0.150. The number of carbonyl (C=O) groups is 3. The number of halogens is 1. The highest BCUT2D eigenvalue weighted by Gasteiger charge is 2.77. The summed E-state index contributed by atoms with van der Waals surface area (Å²) < 4.78 is 12.2. The highest BCUT2D eigenvalue weighted by Crippen LogP contribution is 2.61. The summed E-state index contributed by atoms with van der Waals surface area (Å²) in [6.07, 6.45) is 5.96. The van der Waals surface area contributed by atoms with Gasteiger partial charge in [0, 0.05) is 30.1 Å². The quantitative estimate of drug-likeness (QED) is 0.176. The molecule has 9 nitrogen and oxygen atoms in total. The van der Waals surface area contributed by atoms with E-state index in [-0.39, 0.29) is 35.7 Å². The number of likely N-dealkylation sites (tertiary alicyclic amines) is 1. The van der Waals surface area contributed by atoms with Crippen molar-refractivity contribution in [2.75, 3.05) is 37.7 Å². The SMILES string of the molecule is C=CCN(CCCCC)C(=O)C1N([C@H](C)CO)C(=O)[C@@H]2[C@@H](C(=O)N(CC=C)c3ccc(OCC)cc3)[C@@H]3OC12CC3Br. The number of aliphatic hydroxyl groups excluding tert-OH is 1. The van der Waals surface area contributed by atoms with Gasteiger partial charge in [-0.15, -0.1) is 13.2 Å². The van der Waals surface area contributed by atoms with Gasteiger partial charge in [-0.25, -0.2) is 0 Å². The zero-order valence-corrected chi connectivity index (χ0v) is 26.5. The minimum Gasteiger partial charge on any atom is -0.494 e. The average Bonchev–Trinajstić information content (AvgIpc) is 3.58. The molecule has 42 heavy (non-hydrogen) atoms. The van der Waals surface area contributed by atoms with Crippen LogP contribution in [0.2, 0.25) is 0 Å². The fourth-order valence-electron chi connectivity index (χ4n) is 6.88. The number of amides is 3. The summed E-state index contributed by atoms with van der Waals surface area (Å²) >= 11 is 3.74. The second-order valence-corrected chi connectivity index (χ2v) is 12.6. The Kier molecular flexibility index (Phi) is 10.5. The second kappa shape index (κ2) is 13.7. The predicted molar refractivity (Wildman–Crippen MR) is 166 cm³/mol. The third kappa shape index (κ3) is 5.65. The van der Waals surface area contributed by atoms with E-state index in [0.717, 1.165) is 19.3 Å². The fourth-order valence-corrected chi connectivity index (χ4v) is 7.83. The number of hydrogen-bond acceptors (Lipinski definition) is 6. The van der Waals surface area contributed by atoms with Crippen LogP contribution in [0.15, 0.2) is 49.6 Å². The van der Waals surface area contributed by atoms with Crippen LogP contribution in [-0.2, 0) is 19.1 Å². The number of anilines is 1. The molecule has 3 aliphatic heterocycles. The number of benzene rings is 1. The summed E-state index contributed by atoms with van der Waals surface area (Å²) in [5.41, 5.74) is -0.544. The van der Waals surface area contributed by atoms with Crippen molar-refractivity contribution in [1.82, 2.24) is 9.80 Å². The molecule has 3 heterocycles. The molecule has 0 saturated carbocycles. The van der Waals surface area contributed by atoms with Crippen molar-refractivity contribution in [2.45, 2.75) is 75.1 Å². The average molecular weight is 647 g/mol. The molecule has 3 aliphatic rings. The third-order valence-electron chi connectivity index (χ3n) is 8.72. The topological polar surface area (TPSA) is 99.6 Å². The molecule has 230 valence electrons. The molecular formula is C32H44BrN3O6. The van der Waals surface area contributed by atoms with Crippen LogP contribution in [-0.4, -0.2) is 94.1 Å². The molecule has 0 aromatic heterocycles. The zero-order valence-electron chi connectivity index (χ0n) is 24.9. The highest BCUT2D eigenvalue weighted by molar-refractivity contribution is 9.09. The molecule has 2 bridgehead atoms. The Morgan fingerprint density at radius 3 is 2.48 bits per heavy atom. The summed E-state index contributed by atoms with van der Waals surface area (Å²) in [5.74, 6) is -1.80. The molecule has 1 aromatic rings. The van der Waals surface area contributed by atoms with E-state index in [1.807, 2.05) is 19.1 Å². The first-order valence-corrected chi connectivity index (χ1v) is 15.9. The number of aliphatic hydroxyl groups is 1. The van der Waals surface area contributed by atoms with Crippen molar-refractivity contribution in [1.29, 1.82) is 0 Å². The lowest BCUT2D eigenvalue weighted by Crippen LogP contribution is -2.58. The van der Waals surface area contributed by atoms with Gasteiger partial charge in [0.15, 0.2) is 0 Å². The monoisotopic (exact) mass is 645 g/mol. The van der Waals surface area contributed by atoms with Crippen molar-refractivity contribution in [3.05, 3.63) is 49.6 Å². The number of unbranched alkanes of at least 4 members (excludes halogenated alkanes) is 2. The normalized spacial score (nSPS) is 28.4. The maximum atomic E-state index is 14.4. The summed E-state index contributed by atoms with van der Waals surface area (Å²) in [5, 5.41) is 10.2. The third-order valence-corrected chi connectivity index (χ3v) is 9.56. The number of hydrogen-bond donors (Lipinski definition) is 1. The van der Waals surface area contributed by atoms with Gasteiger partial charge in [0.1, 0.15) is 17.4 Å². The second-order valence-electron chi connectivity index (χ2n) is 11.4. The van der Waals surface area contributed by atoms with Crippen LogP contribution in [0, 0.1) is 11.8 Å². The summed E-state index contributed by atoms with van der Waals surface area (Å²) in [7, 11) is 0. The molecule has 3 unspecified atom stereocenters. The lowest BCUT2D eigenvalue weighted by Gasteiger charge is -2.38. The Hall–Kier alpha value is -2.69. The van der Waals surface area contributed by atoms with Crippen molar-refractivity contribution in [2.24, 2.45) is 11.8 Å². The van der Waals surface area contributed by atoms with E-state index in [4.69, 9.17) is 9.47 Å². The van der Waals surface area contributed by atoms with E-state index in [1.165, 1.54) is 4.90 Å². The van der Waals surface area contributed by atoms with Crippen LogP contribution in [0.4, 0.5) is 5.69 Å². The Labute approximate surface area is 257 Å². The van der Waals surface area contributed by atoms with Gasteiger partial charge in [-0.05, 0) is 51.0 Å². The Morgan fingerprint density at radius 2 is 1.88 bits per heavy atom. The molecule has 10 heteroatoms. The van der Waals surface area contributed by atoms with Crippen LogP contribution < -0.4 is 9.64 Å². The highest BCUT2D eigenvalue weighted by atomic mass is 79.9. The maximum absolute atomic E-state index is 14.4.